The van der Waals surface area contributed by atoms with E-state index in [1.54, 1.807) is 0 Å². The molecule has 0 spiro atoms. The molecular formula is C20H21ClFN. The molecule has 0 aliphatic rings. The highest BCUT2D eigenvalue weighted by Gasteiger charge is 2.17. The minimum atomic E-state index is -0.964. The van der Waals surface area contributed by atoms with E-state index in [4.69, 9.17) is 16.9 Å². The molecule has 2 aromatic rings. The molecule has 3 heteroatoms. The molecule has 0 aliphatic carbocycles. The molecule has 0 amide bonds. The predicted molar refractivity (Wildman–Crippen MR) is 94.1 cm³/mol. The normalized spacial score (nSPS) is 14.7. The number of hydrogen-bond acceptors (Lipinski definition) is 1. The Hall–Kier alpha value is -1.85. The van der Waals surface area contributed by atoms with Gasteiger partial charge in [-0.25, -0.2) is 4.39 Å². The van der Waals surface area contributed by atoms with Gasteiger partial charge in [-0.15, -0.1) is 11.6 Å². The summed E-state index contributed by atoms with van der Waals surface area (Å²) < 4.78 is 13.0. The summed E-state index contributed by atoms with van der Waals surface area (Å²) in [4.78, 5) is 0. The summed E-state index contributed by atoms with van der Waals surface area (Å²) in [5.74, 6) is -0.318. The fraction of sp³-hybridized carbons (Fsp3) is 0.350. The van der Waals surface area contributed by atoms with Gasteiger partial charge < -0.3 is 0 Å². The van der Waals surface area contributed by atoms with E-state index in [-0.39, 0.29) is 17.7 Å². The van der Waals surface area contributed by atoms with Gasteiger partial charge in [0.25, 0.3) is 0 Å². The molecule has 0 bridgehead atoms. The van der Waals surface area contributed by atoms with Gasteiger partial charge in [0.2, 0.25) is 0 Å². The molecule has 23 heavy (non-hydrogen) atoms. The SMILES string of the molecule is CC(F)CC(C#N)CC(Cl)Cc1ccc(-c2ccccc2)cc1. The Morgan fingerprint density at radius 3 is 2.17 bits per heavy atom. The molecule has 0 saturated carbocycles. The summed E-state index contributed by atoms with van der Waals surface area (Å²) in [6, 6.07) is 20.7. The Kier molecular flexibility index (Phi) is 6.62. The van der Waals surface area contributed by atoms with E-state index in [2.05, 4.69) is 42.5 Å². The van der Waals surface area contributed by atoms with Crippen molar-refractivity contribution in [1.82, 2.24) is 0 Å². The van der Waals surface area contributed by atoms with Crippen LogP contribution >= 0.6 is 11.6 Å². The van der Waals surface area contributed by atoms with Crippen molar-refractivity contribution in [3.63, 3.8) is 0 Å². The molecule has 1 nitrogen and oxygen atoms in total. The first-order chi connectivity index (χ1) is 11.1. The number of halogens is 2. The first-order valence-electron chi connectivity index (χ1n) is 7.90. The van der Waals surface area contributed by atoms with E-state index < -0.39 is 6.17 Å². The van der Waals surface area contributed by atoms with Crippen LogP contribution in [0.25, 0.3) is 11.1 Å². The maximum Gasteiger partial charge on any atom is 0.0986 e. The third-order valence-corrected chi connectivity index (χ3v) is 4.18. The zero-order valence-electron chi connectivity index (χ0n) is 13.3. The van der Waals surface area contributed by atoms with Gasteiger partial charge in [-0.05, 0) is 42.9 Å². The van der Waals surface area contributed by atoms with Crippen LogP contribution in [0.1, 0.15) is 25.3 Å². The first-order valence-corrected chi connectivity index (χ1v) is 8.34. The van der Waals surface area contributed by atoms with Crippen molar-refractivity contribution in [2.45, 2.75) is 37.7 Å². The summed E-state index contributed by atoms with van der Waals surface area (Å²) in [7, 11) is 0. The minimum absolute atomic E-state index is 0.152. The first kappa shape index (κ1) is 17.5. The van der Waals surface area contributed by atoms with Crippen LogP contribution in [0.15, 0.2) is 54.6 Å². The third kappa shape index (κ3) is 5.69. The van der Waals surface area contributed by atoms with E-state index in [1.807, 2.05) is 18.2 Å². The van der Waals surface area contributed by atoms with Crippen LogP contribution in [0.5, 0.6) is 0 Å². The summed E-state index contributed by atoms with van der Waals surface area (Å²) in [5, 5.41) is 8.93. The summed E-state index contributed by atoms with van der Waals surface area (Å²) in [5.41, 5.74) is 3.49. The fourth-order valence-electron chi connectivity index (χ4n) is 2.71. The second kappa shape index (κ2) is 8.70. The molecule has 0 saturated heterocycles. The highest BCUT2D eigenvalue weighted by Crippen LogP contribution is 2.23. The van der Waals surface area contributed by atoms with Gasteiger partial charge in [-0.2, -0.15) is 5.26 Å². The van der Waals surface area contributed by atoms with E-state index in [9.17, 15) is 4.39 Å². The average Bonchev–Trinajstić information content (AvgIpc) is 2.55. The Balaban J connectivity index is 1.94. The quantitative estimate of drug-likeness (QED) is 0.590. The number of benzene rings is 2. The highest BCUT2D eigenvalue weighted by atomic mass is 35.5. The summed E-state index contributed by atoms with van der Waals surface area (Å²) in [6.45, 7) is 1.48. The molecule has 2 rings (SSSR count). The fourth-order valence-corrected chi connectivity index (χ4v) is 3.10. The molecule has 0 aliphatic heterocycles. The molecule has 3 unspecified atom stereocenters. The molecule has 0 heterocycles. The molecule has 2 aromatic carbocycles. The van der Waals surface area contributed by atoms with Crippen molar-refractivity contribution < 1.29 is 4.39 Å². The summed E-state index contributed by atoms with van der Waals surface area (Å²) >= 11 is 6.36. The zero-order valence-corrected chi connectivity index (χ0v) is 14.0. The molecule has 3 atom stereocenters. The van der Waals surface area contributed by atoms with Gasteiger partial charge in [-0.1, -0.05) is 54.6 Å². The van der Waals surface area contributed by atoms with Gasteiger partial charge >= 0.3 is 0 Å². The van der Waals surface area contributed by atoms with Crippen LogP contribution in [-0.2, 0) is 6.42 Å². The molecule has 120 valence electrons. The van der Waals surface area contributed by atoms with E-state index in [1.165, 1.54) is 18.1 Å². The lowest BCUT2D eigenvalue weighted by Gasteiger charge is -2.14. The zero-order chi connectivity index (χ0) is 16.7. The van der Waals surface area contributed by atoms with Crippen LogP contribution in [0, 0.1) is 17.2 Å². The van der Waals surface area contributed by atoms with Gasteiger partial charge in [0.05, 0.1) is 18.2 Å². The maximum absolute atomic E-state index is 13.0. The van der Waals surface area contributed by atoms with Crippen LogP contribution in [0.4, 0.5) is 4.39 Å². The van der Waals surface area contributed by atoms with Crippen LogP contribution < -0.4 is 0 Å². The van der Waals surface area contributed by atoms with E-state index >= 15 is 0 Å². The standard InChI is InChI=1S/C20H21ClFN/c1-15(22)11-17(14-23)13-20(21)12-16-7-9-19(10-8-16)18-5-3-2-4-6-18/h2-10,15,17,20H,11-13H2,1H3. The number of nitriles is 1. The number of nitrogens with zero attached hydrogens (tertiary/aromatic N) is 1. The average molecular weight is 330 g/mol. The second-order valence-electron chi connectivity index (χ2n) is 5.94. The smallest absolute Gasteiger partial charge is 0.0986 e. The van der Waals surface area contributed by atoms with E-state index in [0.717, 1.165) is 5.56 Å². The molecule has 0 aromatic heterocycles. The molecular weight excluding hydrogens is 309 g/mol. The van der Waals surface area contributed by atoms with Crippen LogP contribution in [0.2, 0.25) is 0 Å². The number of alkyl halides is 2. The largest absolute Gasteiger partial charge is 0.248 e. The van der Waals surface area contributed by atoms with Gasteiger partial charge in [0, 0.05) is 5.38 Å². The van der Waals surface area contributed by atoms with Crippen LogP contribution in [0.3, 0.4) is 0 Å². The Morgan fingerprint density at radius 2 is 1.61 bits per heavy atom. The van der Waals surface area contributed by atoms with Crippen LogP contribution in [-0.4, -0.2) is 11.5 Å². The predicted octanol–water partition coefficient (Wildman–Crippen LogP) is 5.78. The Labute approximate surface area is 142 Å². The lowest BCUT2D eigenvalue weighted by Crippen LogP contribution is -2.13. The molecule has 0 radical (unpaired) electrons. The summed E-state index contributed by atoms with van der Waals surface area (Å²) in [6.07, 6.45) is 0.503. The maximum atomic E-state index is 13.0. The molecule has 0 N–H and O–H groups in total. The third-order valence-electron chi connectivity index (χ3n) is 3.85. The van der Waals surface area contributed by atoms with Crippen molar-refractivity contribution in [2.75, 3.05) is 0 Å². The van der Waals surface area contributed by atoms with E-state index in [0.29, 0.717) is 12.8 Å². The molecule has 0 fully saturated rings. The lowest BCUT2D eigenvalue weighted by molar-refractivity contribution is 0.305. The van der Waals surface area contributed by atoms with Crippen molar-refractivity contribution in [2.24, 2.45) is 5.92 Å². The van der Waals surface area contributed by atoms with Gasteiger partial charge in [0.15, 0.2) is 0 Å². The highest BCUT2D eigenvalue weighted by molar-refractivity contribution is 6.20. The van der Waals surface area contributed by atoms with Gasteiger partial charge in [-0.3, -0.25) is 0 Å². The number of hydrogen-bond donors (Lipinski definition) is 0. The second-order valence-corrected chi connectivity index (χ2v) is 6.56. The Morgan fingerprint density at radius 1 is 1.00 bits per heavy atom. The van der Waals surface area contributed by atoms with Crippen molar-refractivity contribution in [1.29, 1.82) is 5.26 Å². The minimum Gasteiger partial charge on any atom is -0.248 e. The van der Waals surface area contributed by atoms with Gasteiger partial charge in [0.1, 0.15) is 0 Å². The van der Waals surface area contributed by atoms with Crippen molar-refractivity contribution in [3.8, 4) is 17.2 Å². The van der Waals surface area contributed by atoms with Crippen molar-refractivity contribution in [3.05, 3.63) is 60.2 Å². The monoisotopic (exact) mass is 329 g/mol. The number of rotatable bonds is 7. The Bertz CT molecular complexity index is 631. The topological polar surface area (TPSA) is 23.8 Å². The lowest BCUT2D eigenvalue weighted by atomic mass is 9.95. The van der Waals surface area contributed by atoms with Crippen molar-refractivity contribution >= 4 is 11.6 Å².